The van der Waals surface area contributed by atoms with Gasteiger partial charge in [0.15, 0.2) is 0 Å². The Balaban J connectivity index is 1.51. The number of carbonyl (C=O) groups is 1. The van der Waals surface area contributed by atoms with E-state index in [0.717, 1.165) is 53.3 Å². The van der Waals surface area contributed by atoms with Crippen LogP contribution in [0.4, 0.5) is 0 Å². The molecule has 184 valence electrons. The third-order valence-corrected chi connectivity index (χ3v) is 7.53. The number of rotatable bonds is 8. The summed E-state index contributed by atoms with van der Waals surface area (Å²) in [5, 5.41) is 4.92. The Morgan fingerprint density at radius 3 is 2.83 bits per heavy atom. The minimum atomic E-state index is -0.0798. The number of thiocarbonyl (C=S) groups is 1. The third kappa shape index (κ3) is 5.16. The Morgan fingerprint density at radius 2 is 2.11 bits per heavy atom. The van der Waals surface area contributed by atoms with Gasteiger partial charge >= 0.3 is 0 Å². The van der Waals surface area contributed by atoms with Gasteiger partial charge in [-0.05, 0) is 61.7 Å². The lowest BCUT2D eigenvalue weighted by Crippen LogP contribution is -2.35. The molecular formula is C28H27N3O3S2. The molecule has 1 aromatic heterocycles. The highest BCUT2D eigenvalue weighted by Crippen LogP contribution is 2.36. The van der Waals surface area contributed by atoms with Crippen molar-refractivity contribution in [3.63, 3.8) is 0 Å². The van der Waals surface area contributed by atoms with Crippen molar-refractivity contribution in [2.75, 3.05) is 19.8 Å². The molecule has 0 N–H and O–H groups in total. The highest BCUT2D eigenvalue weighted by atomic mass is 32.2. The molecule has 1 amide bonds. The molecule has 5 rings (SSSR count). The molecular weight excluding hydrogens is 490 g/mol. The molecule has 6 nitrogen and oxygen atoms in total. The van der Waals surface area contributed by atoms with E-state index in [2.05, 4.69) is 6.58 Å². The van der Waals surface area contributed by atoms with E-state index < -0.39 is 0 Å². The molecule has 0 aliphatic carbocycles. The van der Waals surface area contributed by atoms with Crippen LogP contribution in [0.2, 0.25) is 0 Å². The monoisotopic (exact) mass is 517 g/mol. The van der Waals surface area contributed by atoms with Crippen LogP contribution >= 0.6 is 24.0 Å². The van der Waals surface area contributed by atoms with Crippen molar-refractivity contribution in [3.05, 3.63) is 83.4 Å². The first-order valence-corrected chi connectivity index (χ1v) is 13.1. The molecule has 0 spiro atoms. The Bertz CT molecular complexity index is 1330. The quantitative estimate of drug-likeness (QED) is 0.214. The predicted octanol–water partition coefficient (Wildman–Crippen LogP) is 5.79. The van der Waals surface area contributed by atoms with E-state index in [4.69, 9.17) is 26.8 Å². The number of ether oxygens (including phenoxy) is 2. The van der Waals surface area contributed by atoms with Gasteiger partial charge in [0.05, 0.1) is 23.2 Å². The van der Waals surface area contributed by atoms with Gasteiger partial charge in [-0.15, -0.1) is 0 Å². The minimum absolute atomic E-state index is 0.0488. The zero-order valence-corrected chi connectivity index (χ0v) is 21.7. The van der Waals surface area contributed by atoms with Gasteiger partial charge < -0.3 is 9.47 Å². The number of hydrogen-bond acceptors (Lipinski definition) is 6. The van der Waals surface area contributed by atoms with Crippen LogP contribution in [0.25, 0.3) is 23.0 Å². The van der Waals surface area contributed by atoms with Gasteiger partial charge in [0, 0.05) is 23.9 Å². The van der Waals surface area contributed by atoms with Crippen LogP contribution in [0.5, 0.6) is 5.75 Å². The summed E-state index contributed by atoms with van der Waals surface area (Å²) in [4.78, 5) is 15.5. The number of aromatic nitrogens is 2. The first-order valence-electron chi connectivity index (χ1n) is 11.9. The van der Waals surface area contributed by atoms with Crippen molar-refractivity contribution in [2.45, 2.75) is 25.9 Å². The number of carbonyl (C=O) groups excluding carboxylic acids is 1. The third-order valence-electron chi connectivity index (χ3n) is 6.15. The molecule has 0 saturated carbocycles. The van der Waals surface area contributed by atoms with Crippen molar-refractivity contribution in [3.8, 4) is 22.7 Å². The van der Waals surface area contributed by atoms with Crippen molar-refractivity contribution in [1.29, 1.82) is 0 Å². The molecule has 2 aliphatic heterocycles. The lowest BCUT2D eigenvalue weighted by Gasteiger charge is -2.18. The fourth-order valence-corrected chi connectivity index (χ4v) is 5.62. The smallest absolute Gasteiger partial charge is 0.266 e. The molecule has 2 aliphatic rings. The van der Waals surface area contributed by atoms with Crippen LogP contribution in [0.15, 0.2) is 72.3 Å². The van der Waals surface area contributed by atoms with E-state index in [1.807, 2.05) is 72.4 Å². The maximum atomic E-state index is 13.3. The fraction of sp³-hybridized carbons (Fsp3) is 0.250. The van der Waals surface area contributed by atoms with Gasteiger partial charge in [0.1, 0.15) is 22.4 Å². The topological polar surface area (TPSA) is 56.6 Å². The van der Waals surface area contributed by atoms with E-state index >= 15 is 0 Å². The normalized spacial score (nSPS) is 18.9. The highest BCUT2D eigenvalue weighted by molar-refractivity contribution is 8.26. The molecule has 0 radical (unpaired) electrons. The number of para-hydroxylation sites is 1. The summed E-state index contributed by atoms with van der Waals surface area (Å²) in [7, 11) is 0. The standard InChI is InChI=1S/C28H27N3O3S2/c1-3-13-33-22-11-12-24(19(2)15-22)26-20(17-31(29-26)21-8-5-4-6-9-21)16-25-27(32)30(28(35)36-25)18-23-10-7-14-34-23/h3-6,8-9,11-12,15-17,23H,1,7,10,13-14,18H2,2H3/b25-16-/t23-/m1/s1. The van der Waals surface area contributed by atoms with Crippen LogP contribution in [0.1, 0.15) is 24.0 Å². The van der Waals surface area contributed by atoms with E-state index in [0.29, 0.717) is 22.4 Å². The first kappa shape index (κ1) is 24.5. The SMILES string of the molecule is C=CCOc1ccc(-c2nn(-c3ccccc3)cc2/C=C2\SC(=S)N(C[C@H]3CCCO3)C2=O)c(C)c1. The summed E-state index contributed by atoms with van der Waals surface area (Å²) in [5.41, 5.74) is 4.57. The highest BCUT2D eigenvalue weighted by Gasteiger charge is 2.35. The van der Waals surface area contributed by atoms with Gasteiger partial charge in [0.2, 0.25) is 0 Å². The Morgan fingerprint density at radius 1 is 1.28 bits per heavy atom. The molecule has 36 heavy (non-hydrogen) atoms. The Labute approximate surface area is 220 Å². The van der Waals surface area contributed by atoms with Crippen LogP contribution in [0, 0.1) is 6.92 Å². The van der Waals surface area contributed by atoms with Crippen LogP contribution in [-0.2, 0) is 9.53 Å². The second kappa shape index (κ2) is 10.8. The van der Waals surface area contributed by atoms with E-state index in [1.54, 1.807) is 11.0 Å². The second-order valence-electron chi connectivity index (χ2n) is 8.72. The summed E-state index contributed by atoms with van der Waals surface area (Å²) in [6, 6.07) is 15.9. The lowest BCUT2D eigenvalue weighted by atomic mass is 10.0. The Hall–Kier alpha value is -3.20. The molecule has 0 bridgehead atoms. The summed E-state index contributed by atoms with van der Waals surface area (Å²) < 4.78 is 13.8. The summed E-state index contributed by atoms with van der Waals surface area (Å²) in [5.74, 6) is 0.694. The first-order chi connectivity index (χ1) is 17.5. The van der Waals surface area contributed by atoms with Crippen LogP contribution in [0.3, 0.4) is 0 Å². The number of amides is 1. The van der Waals surface area contributed by atoms with Gasteiger partial charge in [-0.25, -0.2) is 4.68 Å². The number of benzene rings is 2. The molecule has 3 heterocycles. The summed E-state index contributed by atoms with van der Waals surface area (Å²) >= 11 is 6.88. The zero-order chi connectivity index (χ0) is 25.1. The minimum Gasteiger partial charge on any atom is -0.490 e. The number of hydrogen-bond donors (Lipinski definition) is 0. The van der Waals surface area contributed by atoms with Crippen molar-refractivity contribution >= 4 is 40.3 Å². The molecule has 8 heteroatoms. The van der Waals surface area contributed by atoms with Gasteiger partial charge in [0.25, 0.3) is 5.91 Å². The molecule has 2 aromatic carbocycles. The number of aryl methyl sites for hydroxylation is 1. The van der Waals surface area contributed by atoms with Crippen molar-refractivity contribution in [1.82, 2.24) is 14.7 Å². The van der Waals surface area contributed by atoms with E-state index in [9.17, 15) is 4.79 Å². The van der Waals surface area contributed by atoms with Crippen LogP contribution < -0.4 is 4.74 Å². The summed E-state index contributed by atoms with van der Waals surface area (Å²) in [6.07, 6.45) is 7.60. The largest absolute Gasteiger partial charge is 0.490 e. The maximum absolute atomic E-state index is 13.3. The average Bonchev–Trinajstić information content (AvgIpc) is 3.61. The Kier molecular flexibility index (Phi) is 7.36. The van der Waals surface area contributed by atoms with Crippen molar-refractivity contribution < 1.29 is 14.3 Å². The number of thioether (sulfide) groups is 1. The molecule has 1 atom stereocenters. The van der Waals surface area contributed by atoms with Crippen molar-refractivity contribution in [2.24, 2.45) is 0 Å². The predicted molar refractivity (Wildman–Crippen MR) is 148 cm³/mol. The van der Waals surface area contributed by atoms with Gasteiger partial charge in [-0.3, -0.25) is 9.69 Å². The average molecular weight is 518 g/mol. The van der Waals surface area contributed by atoms with Crippen LogP contribution in [-0.4, -0.2) is 50.8 Å². The van der Waals surface area contributed by atoms with Gasteiger partial charge in [-0.1, -0.05) is 54.8 Å². The second-order valence-corrected chi connectivity index (χ2v) is 10.4. The zero-order valence-electron chi connectivity index (χ0n) is 20.1. The van der Waals surface area contributed by atoms with E-state index in [1.165, 1.54) is 11.8 Å². The van der Waals surface area contributed by atoms with E-state index in [-0.39, 0.29) is 12.0 Å². The molecule has 2 saturated heterocycles. The van der Waals surface area contributed by atoms with Gasteiger partial charge in [-0.2, -0.15) is 5.10 Å². The maximum Gasteiger partial charge on any atom is 0.266 e. The fourth-order valence-electron chi connectivity index (χ4n) is 4.35. The molecule has 2 fully saturated rings. The number of nitrogens with zero attached hydrogens (tertiary/aromatic N) is 3. The molecule has 0 unspecified atom stereocenters. The summed E-state index contributed by atoms with van der Waals surface area (Å²) in [6.45, 7) is 7.43. The lowest BCUT2D eigenvalue weighted by molar-refractivity contribution is -0.123. The molecule has 3 aromatic rings.